The average Bonchev–Trinajstić information content (AvgIpc) is 2.83. The second kappa shape index (κ2) is 4.67. The van der Waals surface area contributed by atoms with Crippen LogP contribution in [0.3, 0.4) is 0 Å². The van der Waals surface area contributed by atoms with Crippen LogP contribution in [0.4, 0.5) is 0 Å². The highest BCUT2D eigenvalue weighted by Crippen LogP contribution is 2.32. The fourth-order valence-electron chi connectivity index (χ4n) is 2.77. The molecule has 1 aliphatic heterocycles. The van der Waals surface area contributed by atoms with Gasteiger partial charge >= 0.3 is 0 Å². The van der Waals surface area contributed by atoms with Crippen molar-refractivity contribution < 1.29 is 4.74 Å². The Morgan fingerprint density at radius 2 is 2.28 bits per heavy atom. The monoisotopic (exact) mass is 242 g/mol. The number of fused-ring (bicyclic) bond motifs is 1. The van der Waals surface area contributed by atoms with Crippen LogP contribution in [0.15, 0.2) is 36.5 Å². The van der Waals surface area contributed by atoms with Gasteiger partial charge in [-0.05, 0) is 37.1 Å². The molecule has 1 saturated heterocycles. The van der Waals surface area contributed by atoms with Gasteiger partial charge in [0.05, 0.1) is 11.6 Å². The van der Waals surface area contributed by atoms with Gasteiger partial charge in [0.1, 0.15) is 0 Å². The van der Waals surface area contributed by atoms with Crippen molar-refractivity contribution >= 4 is 10.9 Å². The van der Waals surface area contributed by atoms with E-state index < -0.39 is 0 Å². The van der Waals surface area contributed by atoms with Gasteiger partial charge < -0.3 is 10.5 Å². The Kier molecular flexibility index (Phi) is 3.02. The number of aromatic nitrogens is 1. The van der Waals surface area contributed by atoms with Crippen molar-refractivity contribution in [3.8, 4) is 0 Å². The van der Waals surface area contributed by atoms with Crippen molar-refractivity contribution in [3.63, 3.8) is 0 Å². The summed E-state index contributed by atoms with van der Waals surface area (Å²) in [5.74, 6) is 0.416. The standard InChI is InChI=1S/C15H18N2O/c1-10-13(6-8-18-10)15(16)12-4-5-14-11(9-12)3-2-7-17-14/h2-5,7,9-10,13,15H,6,8,16H2,1H3. The van der Waals surface area contributed by atoms with Crippen LogP contribution in [-0.4, -0.2) is 17.7 Å². The first-order valence-electron chi connectivity index (χ1n) is 6.47. The molecule has 3 rings (SSSR count). The number of hydrogen-bond acceptors (Lipinski definition) is 3. The lowest BCUT2D eigenvalue weighted by atomic mass is 9.88. The highest BCUT2D eigenvalue weighted by molar-refractivity contribution is 5.79. The van der Waals surface area contributed by atoms with Crippen LogP contribution in [-0.2, 0) is 4.74 Å². The van der Waals surface area contributed by atoms with E-state index in [0.29, 0.717) is 5.92 Å². The Balaban J connectivity index is 1.93. The van der Waals surface area contributed by atoms with Gasteiger partial charge in [-0.2, -0.15) is 0 Å². The lowest BCUT2D eigenvalue weighted by Gasteiger charge is -2.22. The third kappa shape index (κ3) is 2.00. The predicted octanol–water partition coefficient (Wildman–Crippen LogP) is 2.66. The fourth-order valence-corrected chi connectivity index (χ4v) is 2.77. The van der Waals surface area contributed by atoms with E-state index in [9.17, 15) is 0 Å². The first kappa shape index (κ1) is 11.6. The second-order valence-corrected chi connectivity index (χ2v) is 5.01. The van der Waals surface area contributed by atoms with Crippen LogP contribution >= 0.6 is 0 Å². The molecule has 0 saturated carbocycles. The van der Waals surface area contributed by atoms with Crippen molar-refractivity contribution in [2.75, 3.05) is 6.61 Å². The van der Waals surface area contributed by atoms with E-state index in [1.165, 1.54) is 5.56 Å². The predicted molar refractivity (Wildman–Crippen MR) is 72.2 cm³/mol. The third-order valence-electron chi connectivity index (χ3n) is 3.91. The van der Waals surface area contributed by atoms with Gasteiger partial charge in [-0.25, -0.2) is 0 Å². The minimum atomic E-state index is 0.0482. The molecular weight excluding hydrogens is 224 g/mol. The summed E-state index contributed by atoms with van der Waals surface area (Å²) in [4.78, 5) is 4.33. The maximum Gasteiger partial charge on any atom is 0.0702 e. The average molecular weight is 242 g/mol. The molecule has 3 unspecified atom stereocenters. The highest BCUT2D eigenvalue weighted by Gasteiger charge is 2.30. The molecule has 1 aromatic carbocycles. The Bertz CT molecular complexity index is 555. The Morgan fingerprint density at radius 1 is 1.39 bits per heavy atom. The van der Waals surface area contributed by atoms with E-state index in [2.05, 4.69) is 30.1 Å². The molecule has 2 N–H and O–H groups in total. The molecule has 1 aliphatic rings. The molecule has 3 atom stereocenters. The number of benzene rings is 1. The van der Waals surface area contributed by atoms with E-state index in [-0.39, 0.29) is 12.1 Å². The van der Waals surface area contributed by atoms with E-state index in [4.69, 9.17) is 10.5 Å². The Hall–Kier alpha value is -1.45. The Morgan fingerprint density at radius 3 is 3.06 bits per heavy atom. The lowest BCUT2D eigenvalue weighted by molar-refractivity contribution is 0.0995. The maximum atomic E-state index is 6.38. The summed E-state index contributed by atoms with van der Waals surface area (Å²) in [6, 6.07) is 10.4. The molecule has 1 aromatic heterocycles. The van der Waals surface area contributed by atoms with Crippen molar-refractivity contribution in [1.82, 2.24) is 4.98 Å². The van der Waals surface area contributed by atoms with Gasteiger partial charge in [0.25, 0.3) is 0 Å². The molecule has 2 aromatic rings. The van der Waals surface area contributed by atoms with E-state index in [0.717, 1.165) is 23.9 Å². The molecule has 0 aliphatic carbocycles. The van der Waals surface area contributed by atoms with Crippen LogP contribution in [0.1, 0.15) is 24.9 Å². The van der Waals surface area contributed by atoms with Crippen molar-refractivity contribution in [1.29, 1.82) is 0 Å². The number of ether oxygens (including phenoxy) is 1. The SMILES string of the molecule is CC1OCCC1C(N)c1ccc2ncccc2c1. The molecule has 0 amide bonds. The topological polar surface area (TPSA) is 48.1 Å². The number of rotatable bonds is 2. The summed E-state index contributed by atoms with van der Waals surface area (Å²) < 4.78 is 5.60. The molecular formula is C15H18N2O. The van der Waals surface area contributed by atoms with Crippen molar-refractivity contribution in [3.05, 3.63) is 42.1 Å². The summed E-state index contributed by atoms with van der Waals surface area (Å²) in [5, 5.41) is 1.15. The van der Waals surface area contributed by atoms with E-state index >= 15 is 0 Å². The van der Waals surface area contributed by atoms with E-state index in [1.54, 1.807) is 0 Å². The minimum Gasteiger partial charge on any atom is -0.378 e. The van der Waals surface area contributed by atoms with Gasteiger partial charge in [-0.15, -0.1) is 0 Å². The minimum absolute atomic E-state index is 0.0482. The summed E-state index contributed by atoms with van der Waals surface area (Å²) in [5.41, 5.74) is 8.58. The molecule has 3 heteroatoms. The van der Waals surface area contributed by atoms with Gasteiger partial charge in [0.2, 0.25) is 0 Å². The molecule has 0 radical (unpaired) electrons. The fraction of sp³-hybridized carbons (Fsp3) is 0.400. The number of nitrogens with zero attached hydrogens (tertiary/aromatic N) is 1. The zero-order valence-electron chi connectivity index (χ0n) is 10.5. The zero-order chi connectivity index (χ0) is 12.5. The maximum absolute atomic E-state index is 6.38. The van der Waals surface area contributed by atoms with E-state index in [1.807, 2.05) is 18.3 Å². The van der Waals surface area contributed by atoms with Gasteiger partial charge in [0, 0.05) is 30.1 Å². The molecule has 3 nitrogen and oxygen atoms in total. The van der Waals surface area contributed by atoms with Crippen LogP contribution in [0.5, 0.6) is 0 Å². The zero-order valence-corrected chi connectivity index (χ0v) is 10.5. The van der Waals surface area contributed by atoms with Crippen LogP contribution in [0.2, 0.25) is 0 Å². The van der Waals surface area contributed by atoms with Crippen LogP contribution < -0.4 is 5.73 Å². The van der Waals surface area contributed by atoms with Crippen LogP contribution in [0, 0.1) is 5.92 Å². The van der Waals surface area contributed by atoms with Gasteiger partial charge in [-0.3, -0.25) is 4.98 Å². The largest absolute Gasteiger partial charge is 0.378 e. The lowest BCUT2D eigenvalue weighted by Crippen LogP contribution is -2.26. The normalized spacial score (nSPS) is 25.4. The summed E-state index contributed by atoms with van der Waals surface area (Å²) in [6.07, 6.45) is 3.12. The number of hydrogen-bond donors (Lipinski definition) is 1. The van der Waals surface area contributed by atoms with Crippen molar-refractivity contribution in [2.45, 2.75) is 25.5 Å². The first-order chi connectivity index (χ1) is 8.75. The molecule has 1 fully saturated rings. The third-order valence-corrected chi connectivity index (χ3v) is 3.91. The van der Waals surface area contributed by atoms with Crippen molar-refractivity contribution in [2.24, 2.45) is 11.7 Å². The molecule has 18 heavy (non-hydrogen) atoms. The molecule has 94 valence electrons. The quantitative estimate of drug-likeness (QED) is 0.880. The Labute approximate surface area is 107 Å². The summed E-state index contributed by atoms with van der Waals surface area (Å²) in [6.45, 7) is 2.94. The van der Waals surface area contributed by atoms with Gasteiger partial charge in [-0.1, -0.05) is 12.1 Å². The number of nitrogens with two attached hydrogens (primary N) is 1. The molecule has 2 heterocycles. The van der Waals surface area contributed by atoms with Gasteiger partial charge in [0.15, 0.2) is 0 Å². The first-order valence-corrected chi connectivity index (χ1v) is 6.47. The molecule has 0 spiro atoms. The second-order valence-electron chi connectivity index (χ2n) is 5.01. The molecule has 0 bridgehead atoms. The summed E-state index contributed by atoms with van der Waals surface area (Å²) >= 11 is 0. The number of pyridine rings is 1. The summed E-state index contributed by atoms with van der Waals surface area (Å²) in [7, 11) is 0. The smallest absolute Gasteiger partial charge is 0.0702 e. The highest BCUT2D eigenvalue weighted by atomic mass is 16.5. The van der Waals surface area contributed by atoms with Crippen LogP contribution in [0.25, 0.3) is 10.9 Å².